The third kappa shape index (κ3) is 2.75. The predicted molar refractivity (Wildman–Crippen MR) is 65.7 cm³/mol. The molecule has 1 heterocycles. The number of nitrogens with one attached hydrogen (secondary N) is 1. The molecule has 0 aromatic carbocycles. The minimum atomic E-state index is -0.977. The molecule has 2 N–H and O–H groups in total. The molecule has 0 saturated heterocycles. The fraction of sp³-hybridized carbons (Fsp3) is 0.417. The lowest BCUT2D eigenvalue weighted by atomic mass is 9.81. The number of nitrogens with zero attached hydrogens (tertiary/aromatic N) is 2. The number of imide groups is 1. The Hall–Kier alpha value is -2.31. The van der Waals surface area contributed by atoms with Crippen LogP contribution in [0.5, 0.6) is 0 Å². The van der Waals surface area contributed by atoms with Crippen LogP contribution in [0.15, 0.2) is 17.3 Å². The number of rotatable bonds is 3. The Morgan fingerprint density at radius 3 is 2.53 bits per heavy atom. The summed E-state index contributed by atoms with van der Waals surface area (Å²) < 4.78 is 0. The fourth-order valence-corrected chi connectivity index (χ4v) is 2.15. The number of hydrogen-bond donors (Lipinski definition) is 2. The molecule has 2 rings (SSSR count). The lowest BCUT2D eigenvalue weighted by Crippen LogP contribution is -2.31. The molecule has 0 spiro atoms. The fourth-order valence-electron chi connectivity index (χ4n) is 2.15. The zero-order valence-corrected chi connectivity index (χ0v) is 10.1. The summed E-state index contributed by atoms with van der Waals surface area (Å²) in [4.78, 5) is 33.3. The Bertz CT molecular complexity index is 491. The van der Waals surface area contributed by atoms with E-state index in [9.17, 15) is 14.4 Å². The normalized spacial score (nSPS) is 27.6. The first kappa shape index (κ1) is 13.1. The highest BCUT2D eigenvalue weighted by Crippen LogP contribution is 2.25. The van der Waals surface area contributed by atoms with Gasteiger partial charge in [-0.25, -0.2) is 0 Å². The van der Waals surface area contributed by atoms with Crippen LogP contribution in [0.4, 0.5) is 0 Å². The maximum absolute atomic E-state index is 11.2. The highest BCUT2D eigenvalue weighted by molar-refractivity contribution is 6.13. The largest absolute Gasteiger partial charge is 0.481 e. The van der Waals surface area contributed by atoms with Gasteiger partial charge in [0.25, 0.3) is 11.8 Å². The predicted octanol–water partition coefficient (Wildman–Crippen LogP) is 0.418. The van der Waals surface area contributed by atoms with Crippen molar-refractivity contribution in [3.63, 3.8) is 0 Å². The van der Waals surface area contributed by atoms with E-state index >= 15 is 0 Å². The molecule has 100 valence electrons. The van der Waals surface area contributed by atoms with Gasteiger partial charge in [0, 0.05) is 30.0 Å². The van der Waals surface area contributed by atoms with E-state index in [0.29, 0.717) is 19.3 Å². The van der Waals surface area contributed by atoms with Gasteiger partial charge in [-0.15, -0.1) is 0 Å². The second-order valence-electron chi connectivity index (χ2n) is 4.54. The molecular formula is C12H13N3O4. The van der Waals surface area contributed by atoms with E-state index in [0.717, 1.165) is 17.2 Å². The van der Waals surface area contributed by atoms with E-state index in [1.807, 2.05) is 0 Å². The van der Waals surface area contributed by atoms with Crippen molar-refractivity contribution in [2.24, 2.45) is 16.9 Å². The van der Waals surface area contributed by atoms with Crippen molar-refractivity contribution in [1.82, 2.24) is 5.01 Å². The first-order chi connectivity index (χ1) is 8.99. The SMILES string of the molecule is N=C1CC(C=NN2C(=O)C=CC2=O)CCC1C(=O)O. The first-order valence-corrected chi connectivity index (χ1v) is 5.89. The zero-order chi connectivity index (χ0) is 14.0. The number of carboxylic acid groups (broad SMARTS) is 1. The molecule has 0 aromatic rings. The molecule has 2 aliphatic rings. The molecule has 1 saturated carbocycles. The van der Waals surface area contributed by atoms with Crippen LogP contribution in [0.3, 0.4) is 0 Å². The van der Waals surface area contributed by atoms with Crippen molar-refractivity contribution in [3.05, 3.63) is 12.2 Å². The molecule has 2 atom stereocenters. The topological polar surface area (TPSA) is 111 Å². The molecule has 0 bridgehead atoms. The molecule has 1 fully saturated rings. The second-order valence-corrected chi connectivity index (χ2v) is 4.54. The molecule has 2 unspecified atom stereocenters. The average molecular weight is 263 g/mol. The average Bonchev–Trinajstić information content (AvgIpc) is 2.66. The van der Waals surface area contributed by atoms with Gasteiger partial charge in [-0.3, -0.25) is 14.4 Å². The van der Waals surface area contributed by atoms with Crippen molar-refractivity contribution >= 4 is 29.7 Å². The minimum absolute atomic E-state index is 0.107. The van der Waals surface area contributed by atoms with Gasteiger partial charge < -0.3 is 10.5 Å². The van der Waals surface area contributed by atoms with Crippen LogP contribution in [-0.2, 0) is 14.4 Å². The number of aliphatic carboxylic acids is 1. The number of carbonyl (C=O) groups excluding carboxylic acids is 2. The van der Waals surface area contributed by atoms with Crippen LogP contribution in [0, 0.1) is 17.2 Å². The maximum atomic E-state index is 11.2. The van der Waals surface area contributed by atoms with Crippen molar-refractivity contribution in [2.75, 3.05) is 0 Å². The number of carbonyl (C=O) groups is 3. The van der Waals surface area contributed by atoms with Crippen LogP contribution < -0.4 is 0 Å². The molecule has 2 amide bonds. The smallest absolute Gasteiger partial charge is 0.312 e. The highest BCUT2D eigenvalue weighted by atomic mass is 16.4. The Kier molecular flexibility index (Phi) is 3.55. The number of hydrogen-bond acceptors (Lipinski definition) is 5. The first-order valence-electron chi connectivity index (χ1n) is 5.89. The lowest BCUT2D eigenvalue weighted by molar-refractivity contribution is -0.140. The van der Waals surface area contributed by atoms with Crippen molar-refractivity contribution < 1.29 is 19.5 Å². The molecule has 1 aliphatic heterocycles. The molecule has 7 nitrogen and oxygen atoms in total. The quantitative estimate of drug-likeness (QED) is 0.567. The van der Waals surface area contributed by atoms with Crippen LogP contribution >= 0.6 is 0 Å². The van der Waals surface area contributed by atoms with Gasteiger partial charge in [-0.05, 0) is 19.3 Å². The molecule has 1 aliphatic carbocycles. The summed E-state index contributed by atoms with van der Waals surface area (Å²) in [5, 5.41) is 21.1. The van der Waals surface area contributed by atoms with Gasteiger partial charge in [0.15, 0.2) is 0 Å². The minimum Gasteiger partial charge on any atom is -0.481 e. The van der Waals surface area contributed by atoms with Gasteiger partial charge in [-0.2, -0.15) is 10.1 Å². The Balaban J connectivity index is 1.95. The summed E-state index contributed by atoms with van der Waals surface area (Å²) in [7, 11) is 0. The van der Waals surface area contributed by atoms with E-state index < -0.39 is 23.7 Å². The van der Waals surface area contributed by atoms with Crippen LogP contribution in [0.2, 0.25) is 0 Å². The number of amides is 2. The molecule has 0 aromatic heterocycles. The van der Waals surface area contributed by atoms with Crippen LogP contribution in [-0.4, -0.2) is 39.8 Å². The number of hydrazone groups is 1. The Morgan fingerprint density at radius 1 is 1.37 bits per heavy atom. The second kappa shape index (κ2) is 5.13. The monoisotopic (exact) mass is 263 g/mol. The summed E-state index contributed by atoms with van der Waals surface area (Å²) in [5.74, 6) is -2.79. The molecule has 19 heavy (non-hydrogen) atoms. The van der Waals surface area contributed by atoms with E-state index in [-0.39, 0.29) is 11.6 Å². The molecule has 0 radical (unpaired) electrons. The van der Waals surface area contributed by atoms with Gasteiger partial charge >= 0.3 is 5.97 Å². The van der Waals surface area contributed by atoms with Gasteiger partial charge in [0.1, 0.15) is 0 Å². The van der Waals surface area contributed by atoms with Gasteiger partial charge in [-0.1, -0.05) is 0 Å². The van der Waals surface area contributed by atoms with E-state index in [1.54, 1.807) is 0 Å². The van der Waals surface area contributed by atoms with Crippen molar-refractivity contribution in [2.45, 2.75) is 19.3 Å². The van der Waals surface area contributed by atoms with E-state index in [1.165, 1.54) is 6.21 Å². The van der Waals surface area contributed by atoms with E-state index in [2.05, 4.69) is 5.10 Å². The summed E-state index contributed by atoms with van der Waals surface area (Å²) in [6, 6.07) is 0. The maximum Gasteiger partial charge on any atom is 0.312 e. The lowest BCUT2D eigenvalue weighted by Gasteiger charge is -2.24. The van der Waals surface area contributed by atoms with E-state index in [4.69, 9.17) is 10.5 Å². The van der Waals surface area contributed by atoms with Gasteiger partial charge in [0.05, 0.1) is 5.92 Å². The standard InChI is InChI=1S/C12H13N3O4/c13-9-5-7(1-2-8(9)12(18)19)6-14-15-10(16)3-4-11(15)17/h3-4,6-8,13H,1-2,5H2,(H,18,19). The summed E-state index contributed by atoms with van der Waals surface area (Å²) in [6.45, 7) is 0. The summed E-state index contributed by atoms with van der Waals surface area (Å²) in [5.41, 5.74) is 0.160. The summed E-state index contributed by atoms with van der Waals surface area (Å²) >= 11 is 0. The number of carboxylic acids is 1. The third-order valence-corrected chi connectivity index (χ3v) is 3.21. The van der Waals surface area contributed by atoms with Crippen LogP contribution in [0.1, 0.15) is 19.3 Å². The molecule has 7 heteroatoms. The zero-order valence-electron chi connectivity index (χ0n) is 10.1. The van der Waals surface area contributed by atoms with Crippen molar-refractivity contribution in [1.29, 1.82) is 5.41 Å². The van der Waals surface area contributed by atoms with Crippen molar-refractivity contribution in [3.8, 4) is 0 Å². The Labute approximate surface area is 109 Å². The summed E-state index contributed by atoms with van der Waals surface area (Å²) in [6.07, 6.45) is 4.99. The Morgan fingerprint density at radius 2 is 2.00 bits per heavy atom. The van der Waals surface area contributed by atoms with Crippen LogP contribution in [0.25, 0.3) is 0 Å². The highest BCUT2D eigenvalue weighted by Gasteiger charge is 2.30. The molecular weight excluding hydrogens is 250 g/mol. The third-order valence-electron chi connectivity index (χ3n) is 3.21. The van der Waals surface area contributed by atoms with Gasteiger partial charge in [0.2, 0.25) is 0 Å².